The molecule has 214 valence electrons. The SMILES string of the molecule is CCOC(Cc1ccc(OCCN(CCCOc2cc(Cl)cc(Cl)c2)C(=O)Oc2ccc(Cl)cc2)cc1)C(=O)O. The Morgan fingerprint density at radius 1 is 0.800 bits per heavy atom. The van der Waals surface area contributed by atoms with Crippen molar-refractivity contribution in [2.75, 3.05) is 32.9 Å². The Kier molecular flexibility index (Phi) is 12.7. The predicted molar refractivity (Wildman–Crippen MR) is 154 cm³/mol. The third-order valence-electron chi connectivity index (χ3n) is 5.57. The van der Waals surface area contributed by atoms with Crippen molar-refractivity contribution in [3.05, 3.63) is 87.4 Å². The molecule has 1 unspecified atom stereocenters. The lowest BCUT2D eigenvalue weighted by Gasteiger charge is -2.22. The Morgan fingerprint density at radius 3 is 2.05 bits per heavy atom. The molecule has 11 heteroatoms. The fraction of sp³-hybridized carbons (Fsp3) is 0.310. The molecule has 40 heavy (non-hydrogen) atoms. The van der Waals surface area contributed by atoms with Gasteiger partial charge in [-0.3, -0.25) is 0 Å². The van der Waals surface area contributed by atoms with Gasteiger partial charge in [-0.2, -0.15) is 0 Å². The van der Waals surface area contributed by atoms with Gasteiger partial charge in [-0.05, 0) is 73.5 Å². The highest BCUT2D eigenvalue weighted by molar-refractivity contribution is 6.34. The van der Waals surface area contributed by atoms with Crippen LogP contribution in [0.15, 0.2) is 66.7 Å². The molecular weight excluding hydrogens is 581 g/mol. The Balaban J connectivity index is 1.55. The second kappa shape index (κ2) is 16.2. The van der Waals surface area contributed by atoms with E-state index in [1.54, 1.807) is 73.7 Å². The zero-order chi connectivity index (χ0) is 28.9. The number of carboxylic acids is 1. The van der Waals surface area contributed by atoms with Crippen molar-refractivity contribution < 1.29 is 33.6 Å². The molecule has 0 aromatic heterocycles. The van der Waals surface area contributed by atoms with E-state index in [0.717, 1.165) is 5.56 Å². The van der Waals surface area contributed by atoms with Gasteiger partial charge >= 0.3 is 12.1 Å². The van der Waals surface area contributed by atoms with Crippen molar-refractivity contribution in [2.45, 2.75) is 25.9 Å². The molecule has 8 nitrogen and oxygen atoms in total. The summed E-state index contributed by atoms with van der Waals surface area (Å²) in [6.07, 6.45) is -0.685. The zero-order valence-electron chi connectivity index (χ0n) is 21.9. The fourth-order valence-electron chi connectivity index (χ4n) is 3.65. The molecule has 1 N–H and O–H groups in total. The lowest BCUT2D eigenvalue weighted by Crippen LogP contribution is -2.38. The van der Waals surface area contributed by atoms with Crippen LogP contribution in [0.3, 0.4) is 0 Å². The number of amides is 1. The monoisotopic (exact) mass is 609 g/mol. The number of carbonyl (C=O) groups excluding carboxylic acids is 1. The molecule has 0 spiro atoms. The van der Waals surface area contributed by atoms with Gasteiger partial charge in [0, 0.05) is 34.6 Å². The summed E-state index contributed by atoms with van der Waals surface area (Å²) in [5.74, 6) is 0.483. The number of carbonyl (C=O) groups is 2. The summed E-state index contributed by atoms with van der Waals surface area (Å²) in [6, 6.07) is 18.5. The van der Waals surface area contributed by atoms with Crippen LogP contribution in [-0.4, -0.2) is 61.1 Å². The van der Waals surface area contributed by atoms with Crippen LogP contribution in [0.1, 0.15) is 18.9 Å². The summed E-state index contributed by atoms with van der Waals surface area (Å²) in [5.41, 5.74) is 0.808. The highest BCUT2D eigenvalue weighted by Gasteiger charge is 2.18. The topological polar surface area (TPSA) is 94.5 Å². The molecule has 1 atom stereocenters. The summed E-state index contributed by atoms with van der Waals surface area (Å²) in [6.45, 7) is 3.19. The molecule has 0 bridgehead atoms. The van der Waals surface area contributed by atoms with Gasteiger partial charge in [0.05, 0.1) is 13.2 Å². The Morgan fingerprint density at radius 2 is 1.43 bits per heavy atom. The smallest absolute Gasteiger partial charge is 0.415 e. The van der Waals surface area contributed by atoms with Crippen LogP contribution in [-0.2, 0) is 16.0 Å². The van der Waals surface area contributed by atoms with Crippen molar-refractivity contribution in [3.8, 4) is 17.2 Å². The maximum absolute atomic E-state index is 12.9. The molecule has 0 aliphatic carbocycles. The van der Waals surface area contributed by atoms with Crippen molar-refractivity contribution in [1.82, 2.24) is 4.90 Å². The van der Waals surface area contributed by atoms with Crippen LogP contribution in [0.4, 0.5) is 4.79 Å². The van der Waals surface area contributed by atoms with Crippen molar-refractivity contribution in [1.29, 1.82) is 0 Å². The summed E-state index contributed by atoms with van der Waals surface area (Å²) in [4.78, 5) is 25.8. The minimum absolute atomic E-state index is 0.205. The van der Waals surface area contributed by atoms with Crippen LogP contribution in [0.2, 0.25) is 15.1 Å². The highest BCUT2D eigenvalue weighted by atomic mass is 35.5. The van der Waals surface area contributed by atoms with Crippen LogP contribution < -0.4 is 14.2 Å². The maximum Gasteiger partial charge on any atom is 0.415 e. The van der Waals surface area contributed by atoms with Crippen LogP contribution in [0.5, 0.6) is 17.2 Å². The van der Waals surface area contributed by atoms with Gasteiger partial charge in [0.15, 0.2) is 6.10 Å². The Labute approximate surface area is 248 Å². The molecule has 0 radical (unpaired) electrons. The van der Waals surface area contributed by atoms with E-state index in [9.17, 15) is 14.7 Å². The zero-order valence-corrected chi connectivity index (χ0v) is 24.1. The lowest BCUT2D eigenvalue weighted by molar-refractivity contribution is -0.149. The van der Waals surface area contributed by atoms with Crippen molar-refractivity contribution >= 4 is 46.9 Å². The third kappa shape index (κ3) is 10.8. The van der Waals surface area contributed by atoms with Crippen LogP contribution >= 0.6 is 34.8 Å². The van der Waals surface area contributed by atoms with E-state index in [4.69, 9.17) is 53.8 Å². The van der Waals surface area contributed by atoms with E-state index in [-0.39, 0.29) is 19.6 Å². The van der Waals surface area contributed by atoms with Gasteiger partial charge in [0.1, 0.15) is 23.9 Å². The first kappa shape index (κ1) is 31.4. The van der Waals surface area contributed by atoms with Crippen molar-refractivity contribution in [3.63, 3.8) is 0 Å². The lowest BCUT2D eigenvalue weighted by atomic mass is 10.1. The van der Waals surface area contributed by atoms with Gasteiger partial charge in [0.25, 0.3) is 0 Å². The van der Waals surface area contributed by atoms with E-state index in [2.05, 4.69) is 0 Å². The first-order valence-electron chi connectivity index (χ1n) is 12.6. The molecule has 0 aliphatic heterocycles. The normalized spacial score (nSPS) is 11.5. The first-order chi connectivity index (χ1) is 19.2. The van der Waals surface area contributed by atoms with E-state index in [1.807, 2.05) is 0 Å². The molecule has 0 saturated carbocycles. The average Bonchev–Trinajstić information content (AvgIpc) is 2.91. The molecule has 0 aliphatic rings. The molecular formula is C29H30Cl3NO7. The van der Waals surface area contributed by atoms with Gasteiger partial charge in [-0.15, -0.1) is 0 Å². The summed E-state index contributed by atoms with van der Waals surface area (Å²) >= 11 is 18.0. The first-order valence-corrected chi connectivity index (χ1v) is 13.7. The molecule has 3 aromatic rings. The number of halogens is 3. The van der Waals surface area contributed by atoms with Gasteiger partial charge < -0.3 is 29.0 Å². The third-order valence-corrected chi connectivity index (χ3v) is 6.26. The predicted octanol–water partition coefficient (Wildman–Crippen LogP) is 7.03. The molecule has 1 amide bonds. The number of nitrogens with zero attached hydrogens (tertiary/aromatic N) is 1. The van der Waals surface area contributed by atoms with Crippen LogP contribution in [0.25, 0.3) is 0 Å². The molecule has 3 aromatic carbocycles. The number of hydrogen-bond acceptors (Lipinski definition) is 6. The van der Waals surface area contributed by atoms with E-state index in [1.165, 1.54) is 4.90 Å². The molecule has 0 heterocycles. The van der Waals surface area contributed by atoms with E-state index >= 15 is 0 Å². The number of rotatable bonds is 15. The minimum atomic E-state index is -1.01. The second-order valence-corrected chi connectivity index (χ2v) is 9.90. The molecule has 0 fully saturated rings. The number of carboxylic acid groups (broad SMARTS) is 1. The summed E-state index contributed by atoms with van der Waals surface area (Å²) < 4.78 is 22.3. The van der Waals surface area contributed by atoms with E-state index < -0.39 is 18.2 Å². The van der Waals surface area contributed by atoms with Crippen LogP contribution in [0, 0.1) is 0 Å². The van der Waals surface area contributed by atoms with Gasteiger partial charge in [-0.1, -0.05) is 46.9 Å². The summed E-state index contributed by atoms with van der Waals surface area (Å²) in [5, 5.41) is 10.8. The number of aliphatic carboxylic acids is 1. The minimum Gasteiger partial charge on any atom is -0.493 e. The van der Waals surface area contributed by atoms with E-state index in [0.29, 0.717) is 58.5 Å². The Hall–Kier alpha value is -3.17. The Bertz CT molecular complexity index is 1220. The standard InChI is InChI=1S/C29H30Cl3NO7/c1-2-37-27(28(34)35)16-20-4-8-24(9-5-20)39-15-13-33(29(36)40-25-10-6-21(30)7-11-25)12-3-14-38-26-18-22(31)17-23(32)19-26/h4-11,17-19,27H,2-3,12-16H2,1H3,(H,34,35). The second-order valence-electron chi connectivity index (χ2n) is 8.59. The molecule has 3 rings (SSSR count). The number of ether oxygens (including phenoxy) is 4. The average molecular weight is 611 g/mol. The quantitative estimate of drug-likeness (QED) is 0.185. The fourth-order valence-corrected chi connectivity index (χ4v) is 4.28. The maximum atomic E-state index is 12.9. The molecule has 0 saturated heterocycles. The highest BCUT2D eigenvalue weighted by Crippen LogP contribution is 2.24. The summed E-state index contributed by atoms with van der Waals surface area (Å²) in [7, 11) is 0. The van der Waals surface area contributed by atoms with Gasteiger partial charge in [0.2, 0.25) is 0 Å². The van der Waals surface area contributed by atoms with Crippen molar-refractivity contribution in [2.24, 2.45) is 0 Å². The van der Waals surface area contributed by atoms with Gasteiger partial charge in [-0.25, -0.2) is 9.59 Å². The largest absolute Gasteiger partial charge is 0.493 e. The number of hydrogen-bond donors (Lipinski definition) is 1. The number of benzene rings is 3.